The number of hydrogen-bond donors (Lipinski definition) is 1. The summed E-state index contributed by atoms with van der Waals surface area (Å²) in [4.78, 5) is 1.65. The first-order chi connectivity index (χ1) is 10.0. The Bertz CT molecular complexity index is 442. The summed E-state index contributed by atoms with van der Waals surface area (Å²) in [6.07, 6.45) is 3.01. The van der Waals surface area contributed by atoms with E-state index in [1.54, 1.807) is 4.90 Å². The molecule has 1 heterocycles. The number of ether oxygens (including phenoxy) is 2. The van der Waals surface area contributed by atoms with Crippen molar-refractivity contribution >= 4 is 11.6 Å². The van der Waals surface area contributed by atoms with Crippen molar-refractivity contribution in [3.63, 3.8) is 0 Å². The number of aryl methyl sites for hydroxylation is 1. The number of rotatable bonds is 6. The van der Waals surface area contributed by atoms with Crippen LogP contribution in [0.1, 0.15) is 32.3 Å². The Morgan fingerprint density at radius 1 is 1.24 bits per heavy atom. The first-order valence-electron chi connectivity index (χ1n) is 7.92. The van der Waals surface area contributed by atoms with Crippen LogP contribution in [0.5, 0.6) is 5.75 Å². The van der Waals surface area contributed by atoms with E-state index in [0.717, 1.165) is 31.9 Å². The molecule has 1 aliphatic heterocycles. The minimum atomic E-state index is 0.381. The maximum Gasteiger partial charge on any atom is 0.138 e. The van der Waals surface area contributed by atoms with Gasteiger partial charge in [-0.05, 0) is 51.3 Å². The number of halogens is 1. The van der Waals surface area contributed by atoms with Gasteiger partial charge in [-0.15, -0.1) is 0 Å². The molecule has 21 heavy (non-hydrogen) atoms. The zero-order chi connectivity index (χ0) is 15.2. The lowest BCUT2D eigenvalue weighted by molar-refractivity contribution is -0.915. The van der Waals surface area contributed by atoms with E-state index in [4.69, 9.17) is 21.1 Å². The van der Waals surface area contributed by atoms with E-state index in [2.05, 4.69) is 13.8 Å². The fraction of sp³-hybridized carbons (Fsp3) is 0.647. The second-order valence-electron chi connectivity index (χ2n) is 6.16. The Morgan fingerprint density at radius 3 is 2.67 bits per heavy atom. The minimum Gasteiger partial charge on any atom is -0.492 e. The fourth-order valence-electron chi connectivity index (χ4n) is 2.97. The summed E-state index contributed by atoms with van der Waals surface area (Å²) < 4.78 is 11.5. The zero-order valence-corrected chi connectivity index (χ0v) is 14.1. The normalized spacial score (nSPS) is 25.8. The van der Waals surface area contributed by atoms with Crippen molar-refractivity contribution in [1.82, 2.24) is 0 Å². The second kappa shape index (κ2) is 8.02. The Labute approximate surface area is 133 Å². The molecule has 1 aromatic rings. The summed E-state index contributed by atoms with van der Waals surface area (Å²) >= 11 is 6.12. The molecular weight excluding hydrogens is 286 g/mol. The van der Waals surface area contributed by atoms with Crippen molar-refractivity contribution in [2.24, 2.45) is 0 Å². The smallest absolute Gasteiger partial charge is 0.138 e. The molecule has 1 saturated heterocycles. The Morgan fingerprint density at radius 2 is 1.95 bits per heavy atom. The summed E-state index contributed by atoms with van der Waals surface area (Å²) in [6, 6.07) is 5.89. The SMILES string of the molecule is Cc1ccc(Cl)c(OCCCC[NH+]2C[C@@H](C)O[C@@H](C)C2)c1. The third kappa shape index (κ3) is 5.50. The quantitative estimate of drug-likeness (QED) is 0.816. The van der Waals surface area contributed by atoms with Crippen LogP contribution >= 0.6 is 11.6 Å². The van der Waals surface area contributed by atoms with E-state index in [9.17, 15) is 0 Å². The van der Waals surface area contributed by atoms with Gasteiger partial charge in [-0.25, -0.2) is 0 Å². The Balaban J connectivity index is 1.65. The molecule has 0 aromatic heterocycles. The van der Waals surface area contributed by atoms with Gasteiger partial charge in [-0.3, -0.25) is 0 Å². The molecule has 3 atom stereocenters. The van der Waals surface area contributed by atoms with E-state index in [1.807, 2.05) is 25.1 Å². The van der Waals surface area contributed by atoms with E-state index in [-0.39, 0.29) is 0 Å². The van der Waals surface area contributed by atoms with E-state index in [0.29, 0.717) is 17.2 Å². The topological polar surface area (TPSA) is 22.9 Å². The lowest BCUT2D eigenvalue weighted by Gasteiger charge is -2.32. The first-order valence-corrected chi connectivity index (χ1v) is 8.30. The van der Waals surface area contributed by atoms with Gasteiger partial charge in [0.05, 0.1) is 18.2 Å². The van der Waals surface area contributed by atoms with Crippen LogP contribution in [0, 0.1) is 6.92 Å². The molecule has 1 fully saturated rings. The summed E-state index contributed by atoms with van der Waals surface area (Å²) in [5, 5.41) is 0.696. The van der Waals surface area contributed by atoms with Gasteiger partial charge >= 0.3 is 0 Å². The van der Waals surface area contributed by atoms with Gasteiger partial charge in [0.1, 0.15) is 31.0 Å². The molecule has 3 nitrogen and oxygen atoms in total. The van der Waals surface area contributed by atoms with Crippen LogP contribution in [-0.2, 0) is 4.74 Å². The fourth-order valence-corrected chi connectivity index (χ4v) is 3.15. The molecule has 1 N–H and O–H groups in total. The van der Waals surface area contributed by atoms with Gasteiger partial charge in [-0.1, -0.05) is 17.7 Å². The van der Waals surface area contributed by atoms with Gasteiger partial charge in [0.15, 0.2) is 0 Å². The molecule has 1 aliphatic rings. The van der Waals surface area contributed by atoms with Crippen LogP contribution in [-0.4, -0.2) is 38.4 Å². The van der Waals surface area contributed by atoms with Gasteiger partial charge in [0, 0.05) is 0 Å². The number of nitrogens with one attached hydrogen (secondary N) is 1. The van der Waals surface area contributed by atoms with E-state index in [1.165, 1.54) is 18.5 Å². The van der Waals surface area contributed by atoms with Crippen LogP contribution in [0.2, 0.25) is 5.02 Å². The molecule has 1 aromatic carbocycles. The van der Waals surface area contributed by atoms with Crippen molar-refractivity contribution < 1.29 is 14.4 Å². The lowest BCUT2D eigenvalue weighted by atomic mass is 10.2. The molecule has 0 amide bonds. The summed E-state index contributed by atoms with van der Waals surface area (Å²) in [5.74, 6) is 0.803. The molecule has 4 heteroatoms. The third-order valence-electron chi connectivity index (χ3n) is 3.89. The highest BCUT2D eigenvalue weighted by Crippen LogP contribution is 2.25. The van der Waals surface area contributed by atoms with Crippen LogP contribution in [0.4, 0.5) is 0 Å². The largest absolute Gasteiger partial charge is 0.492 e. The van der Waals surface area contributed by atoms with Gasteiger partial charge in [0.2, 0.25) is 0 Å². The Hall–Kier alpha value is -0.770. The minimum absolute atomic E-state index is 0.381. The lowest BCUT2D eigenvalue weighted by Crippen LogP contribution is -3.15. The van der Waals surface area contributed by atoms with E-state index >= 15 is 0 Å². The third-order valence-corrected chi connectivity index (χ3v) is 4.20. The summed E-state index contributed by atoms with van der Waals surface area (Å²) in [6.45, 7) is 10.6. The highest BCUT2D eigenvalue weighted by molar-refractivity contribution is 6.32. The van der Waals surface area contributed by atoms with Crippen molar-refractivity contribution in [3.05, 3.63) is 28.8 Å². The summed E-state index contributed by atoms with van der Waals surface area (Å²) in [5.41, 5.74) is 1.18. The van der Waals surface area contributed by atoms with Crippen LogP contribution < -0.4 is 9.64 Å². The van der Waals surface area contributed by atoms with Crippen molar-refractivity contribution in [2.75, 3.05) is 26.2 Å². The number of quaternary nitrogens is 1. The van der Waals surface area contributed by atoms with Crippen LogP contribution in [0.15, 0.2) is 18.2 Å². The van der Waals surface area contributed by atoms with E-state index < -0.39 is 0 Å². The predicted molar refractivity (Wildman–Crippen MR) is 86.5 cm³/mol. The van der Waals surface area contributed by atoms with Crippen LogP contribution in [0.25, 0.3) is 0 Å². The highest BCUT2D eigenvalue weighted by atomic mass is 35.5. The molecule has 0 bridgehead atoms. The molecular formula is C17H27ClNO2+. The number of unbranched alkanes of at least 4 members (excludes halogenated alkanes) is 1. The number of benzene rings is 1. The van der Waals surface area contributed by atoms with Gasteiger partial charge < -0.3 is 14.4 Å². The van der Waals surface area contributed by atoms with Crippen molar-refractivity contribution in [2.45, 2.75) is 45.8 Å². The molecule has 0 aliphatic carbocycles. The standard InChI is InChI=1S/C17H26ClNO2/c1-13-6-7-16(18)17(10-13)20-9-5-4-8-19-11-14(2)21-15(3)12-19/h6-7,10,14-15H,4-5,8-9,11-12H2,1-3H3/p+1/t14-,15+. The number of morpholine rings is 1. The molecule has 1 unspecified atom stereocenters. The number of hydrogen-bond acceptors (Lipinski definition) is 2. The van der Waals surface area contributed by atoms with Crippen molar-refractivity contribution in [3.8, 4) is 5.75 Å². The maximum atomic E-state index is 6.12. The van der Waals surface area contributed by atoms with Crippen LogP contribution in [0.3, 0.4) is 0 Å². The Kier molecular flexibility index (Phi) is 6.34. The predicted octanol–water partition coefficient (Wildman–Crippen LogP) is 2.50. The maximum absolute atomic E-state index is 6.12. The molecule has 0 saturated carbocycles. The average molecular weight is 313 g/mol. The average Bonchev–Trinajstić information content (AvgIpc) is 2.41. The molecule has 0 spiro atoms. The second-order valence-corrected chi connectivity index (χ2v) is 6.56. The van der Waals surface area contributed by atoms with Gasteiger partial charge in [-0.2, -0.15) is 0 Å². The molecule has 2 rings (SSSR count). The van der Waals surface area contributed by atoms with Crippen molar-refractivity contribution in [1.29, 1.82) is 0 Å². The molecule has 0 radical (unpaired) electrons. The first kappa shape index (κ1) is 16.6. The highest BCUT2D eigenvalue weighted by Gasteiger charge is 2.24. The summed E-state index contributed by atoms with van der Waals surface area (Å²) in [7, 11) is 0. The molecule has 118 valence electrons. The van der Waals surface area contributed by atoms with Gasteiger partial charge in [0.25, 0.3) is 0 Å². The zero-order valence-electron chi connectivity index (χ0n) is 13.3. The monoisotopic (exact) mass is 312 g/mol.